The van der Waals surface area contributed by atoms with Gasteiger partial charge in [0.15, 0.2) is 5.75 Å². The molecule has 0 atom stereocenters. The summed E-state index contributed by atoms with van der Waals surface area (Å²) in [7, 11) is 2.49. The summed E-state index contributed by atoms with van der Waals surface area (Å²) in [5.41, 5.74) is 5.79. The lowest BCUT2D eigenvalue weighted by atomic mass is 10.0. The highest BCUT2D eigenvalue weighted by Gasteiger charge is 2.22. The van der Waals surface area contributed by atoms with E-state index in [0.717, 1.165) is 0 Å². The molecule has 0 aromatic carbocycles. The van der Waals surface area contributed by atoms with Gasteiger partial charge < -0.3 is 15.2 Å². The summed E-state index contributed by atoms with van der Waals surface area (Å²) in [6.07, 6.45) is -1.66. The zero-order chi connectivity index (χ0) is 13.7. The molecule has 0 fully saturated rings. The maximum Gasteiger partial charge on any atom is 0.310 e. The van der Waals surface area contributed by atoms with Crippen LogP contribution in [0.2, 0.25) is 0 Å². The van der Waals surface area contributed by atoms with E-state index >= 15 is 0 Å². The molecule has 0 unspecified atom stereocenters. The molecule has 0 saturated heterocycles. The molecule has 0 spiro atoms. The maximum atomic E-state index is 12.7. The molecule has 2 N–H and O–H groups in total. The van der Waals surface area contributed by atoms with Crippen molar-refractivity contribution in [2.45, 2.75) is 19.4 Å². The highest BCUT2D eigenvalue weighted by atomic mass is 19.3. The van der Waals surface area contributed by atoms with Gasteiger partial charge in [-0.3, -0.25) is 9.78 Å². The first-order valence-electron chi connectivity index (χ1n) is 5.14. The lowest BCUT2D eigenvalue weighted by Crippen LogP contribution is -2.13. The smallest absolute Gasteiger partial charge is 0.310 e. The number of esters is 1. The molecule has 18 heavy (non-hydrogen) atoms. The molecular weight excluding hydrogens is 246 g/mol. The van der Waals surface area contributed by atoms with E-state index in [4.69, 9.17) is 10.5 Å². The van der Waals surface area contributed by atoms with Gasteiger partial charge in [0.05, 0.1) is 20.6 Å². The number of ether oxygens (including phenoxy) is 2. The predicted molar refractivity (Wildman–Crippen MR) is 59.4 cm³/mol. The van der Waals surface area contributed by atoms with Crippen molar-refractivity contribution in [3.63, 3.8) is 0 Å². The second kappa shape index (κ2) is 6.25. The molecule has 0 saturated carbocycles. The van der Waals surface area contributed by atoms with Crippen molar-refractivity contribution in [3.05, 3.63) is 23.0 Å². The molecule has 0 aliphatic rings. The first-order valence-corrected chi connectivity index (χ1v) is 5.14. The van der Waals surface area contributed by atoms with Gasteiger partial charge in [-0.2, -0.15) is 0 Å². The van der Waals surface area contributed by atoms with Crippen molar-refractivity contribution in [2.75, 3.05) is 14.2 Å². The number of nitrogens with zero attached hydrogens (tertiary/aromatic N) is 1. The zero-order valence-corrected chi connectivity index (χ0v) is 10.1. The highest BCUT2D eigenvalue weighted by Crippen LogP contribution is 2.32. The summed E-state index contributed by atoms with van der Waals surface area (Å²) in [4.78, 5) is 14.8. The van der Waals surface area contributed by atoms with E-state index in [9.17, 15) is 13.6 Å². The van der Waals surface area contributed by atoms with Crippen LogP contribution in [0.4, 0.5) is 8.78 Å². The summed E-state index contributed by atoms with van der Waals surface area (Å²) in [5.74, 6) is -0.577. The Morgan fingerprint density at radius 3 is 2.61 bits per heavy atom. The summed E-state index contributed by atoms with van der Waals surface area (Å²) >= 11 is 0. The molecule has 1 aromatic heterocycles. The van der Waals surface area contributed by atoms with E-state index in [1.165, 1.54) is 20.4 Å². The number of nitrogens with two attached hydrogens (primary N) is 1. The minimum absolute atomic E-state index is 0.0300. The summed E-state index contributed by atoms with van der Waals surface area (Å²) in [5, 5.41) is 0. The van der Waals surface area contributed by atoms with Crippen LogP contribution in [-0.2, 0) is 22.5 Å². The van der Waals surface area contributed by atoms with Crippen molar-refractivity contribution in [1.29, 1.82) is 0 Å². The Morgan fingerprint density at radius 2 is 2.17 bits per heavy atom. The Labute approximate surface area is 103 Å². The van der Waals surface area contributed by atoms with Gasteiger partial charge >= 0.3 is 5.97 Å². The standard InChI is InChI=1S/C11H14F2N2O3/c1-17-8(16)3-6-5-15-9(11(12)13)10(18-2)7(6)4-14/h5,11H,3-4,14H2,1-2H3. The Hall–Kier alpha value is -1.76. The molecule has 5 nitrogen and oxygen atoms in total. The molecule has 0 aliphatic carbocycles. The number of aromatic nitrogens is 1. The molecular formula is C11H14F2N2O3. The number of hydrogen-bond donors (Lipinski definition) is 1. The van der Waals surface area contributed by atoms with E-state index in [1.54, 1.807) is 0 Å². The number of halogens is 2. The zero-order valence-electron chi connectivity index (χ0n) is 10.1. The molecule has 0 radical (unpaired) electrons. The molecule has 7 heteroatoms. The van der Waals surface area contributed by atoms with Crippen molar-refractivity contribution >= 4 is 5.97 Å². The molecule has 1 rings (SSSR count). The Kier molecular flexibility index (Phi) is 4.96. The molecule has 1 heterocycles. The number of carbonyl (C=O) groups is 1. The maximum absolute atomic E-state index is 12.7. The summed E-state index contributed by atoms with van der Waals surface area (Å²) in [6.45, 7) is -0.0300. The van der Waals surface area contributed by atoms with Crippen LogP contribution in [0.25, 0.3) is 0 Å². The van der Waals surface area contributed by atoms with Crippen LogP contribution < -0.4 is 10.5 Å². The normalized spacial score (nSPS) is 10.6. The summed E-state index contributed by atoms with van der Waals surface area (Å²) < 4.78 is 34.9. The lowest BCUT2D eigenvalue weighted by molar-refractivity contribution is -0.139. The van der Waals surface area contributed by atoms with Gasteiger partial charge in [-0.05, 0) is 5.56 Å². The minimum atomic E-state index is -2.77. The second-order valence-corrected chi connectivity index (χ2v) is 3.44. The van der Waals surface area contributed by atoms with Crippen LogP contribution in [0.15, 0.2) is 6.20 Å². The third-order valence-corrected chi connectivity index (χ3v) is 2.43. The first-order chi connectivity index (χ1) is 8.54. The Bertz CT molecular complexity index is 439. The number of carbonyl (C=O) groups excluding carboxylic acids is 1. The number of methoxy groups -OCH3 is 2. The van der Waals surface area contributed by atoms with Crippen molar-refractivity contribution in [3.8, 4) is 5.75 Å². The summed E-state index contributed by atoms with van der Waals surface area (Å²) in [6, 6.07) is 0. The van der Waals surface area contributed by atoms with E-state index in [2.05, 4.69) is 9.72 Å². The van der Waals surface area contributed by atoms with Gasteiger partial charge in [0.1, 0.15) is 5.69 Å². The van der Waals surface area contributed by atoms with Crippen LogP contribution in [0, 0.1) is 0 Å². The number of hydrogen-bond acceptors (Lipinski definition) is 5. The predicted octanol–water partition coefficient (Wildman–Crippen LogP) is 1.20. The minimum Gasteiger partial charge on any atom is -0.494 e. The van der Waals surface area contributed by atoms with E-state index in [0.29, 0.717) is 11.1 Å². The molecule has 100 valence electrons. The third kappa shape index (κ3) is 2.92. The average molecular weight is 260 g/mol. The second-order valence-electron chi connectivity index (χ2n) is 3.44. The van der Waals surface area contributed by atoms with Crippen molar-refractivity contribution in [1.82, 2.24) is 4.98 Å². The van der Waals surface area contributed by atoms with E-state index in [-0.39, 0.29) is 18.7 Å². The van der Waals surface area contributed by atoms with Crippen LogP contribution >= 0.6 is 0 Å². The van der Waals surface area contributed by atoms with Crippen molar-refractivity contribution < 1.29 is 23.0 Å². The van der Waals surface area contributed by atoms with Gasteiger partial charge in [-0.1, -0.05) is 0 Å². The monoisotopic (exact) mass is 260 g/mol. The fourth-order valence-corrected chi connectivity index (χ4v) is 1.57. The topological polar surface area (TPSA) is 74.4 Å². The molecule has 1 aromatic rings. The fourth-order valence-electron chi connectivity index (χ4n) is 1.57. The number of pyridine rings is 1. The highest BCUT2D eigenvalue weighted by molar-refractivity contribution is 5.73. The molecule has 0 amide bonds. The van der Waals surface area contributed by atoms with Crippen LogP contribution in [-0.4, -0.2) is 25.2 Å². The average Bonchev–Trinajstić information content (AvgIpc) is 2.37. The Morgan fingerprint density at radius 1 is 1.50 bits per heavy atom. The molecule has 0 bridgehead atoms. The van der Waals surface area contributed by atoms with Gasteiger partial charge in [-0.15, -0.1) is 0 Å². The van der Waals surface area contributed by atoms with Crippen LogP contribution in [0.1, 0.15) is 23.2 Å². The number of rotatable bonds is 5. The van der Waals surface area contributed by atoms with E-state index in [1.807, 2.05) is 0 Å². The quantitative estimate of drug-likeness (QED) is 0.805. The molecule has 0 aliphatic heterocycles. The SMILES string of the molecule is COC(=O)Cc1cnc(C(F)F)c(OC)c1CN. The van der Waals surface area contributed by atoms with Crippen LogP contribution in [0.5, 0.6) is 5.75 Å². The van der Waals surface area contributed by atoms with Crippen LogP contribution in [0.3, 0.4) is 0 Å². The van der Waals surface area contributed by atoms with Gasteiger partial charge in [0, 0.05) is 18.3 Å². The first kappa shape index (κ1) is 14.3. The lowest BCUT2D eigenvalue weighted by Gasteiger charge is -2.14. The fraction of sp³-hybridized carbons (Fsp3) is 0.455. The van der Waals surface area contributed by atoms with Crippen molar-refractivity contribution in [2.24, 2.45) is 5.73 Å². The van der Waals surface area contributed by atoms with Gasteiger partial charge in [0.2, 0.25) is 0 Å². The van der Waals surface area contributed by atoms with Gasteiger partial charge in [0.25, 0.3) is 6.43 Å². The van der Waals surface area contributed by atoms with Gasteiger partial charge in [-0.25, -0.2) is 8.78 Å². The Balaban J connectivity index is 3.25. The number of alkyl halides is 2. The van der Waals surface area contributed by atoms with E-state index < -0.39 is 18.1 Å². The third-order valence-electron chi connectivity index (χ3n) is 2.43. The largest absolute Gasteiger partial charge is 0.494 e.